The number of hydrogen-bond donors (Lipinski definition) is 1. The number of phenols is 1. The predicted octanol–water partition coefficient (Wildman–Crippen LogP) is 3.57. The number of hydrogen-bond acceptors (Lipinski definition) is 1. The molecular formula is C6H3Br2ClO. The summed E-state index contributed by atoms with van der Waals surface area (Å²) in [5.41, 5.74) is 0. The Hall–Kier alpha value is 0.270. The molecule has 0 amide bonds. The van der Waals surface area contributed by atoms with Crippen molar-refractivity contribution in [1.82, 2.24) is 0 Å². The topological polar surface area (TPSA) is 20.2 Å². The zero-order chi connectivity index (χ0) is 7.72. The van der Waals surface area contributed by atoms with Crippen LogP contribution in [0.2, 0.25) is 5.02 Å². The smallest absolute Gasteiger partial charge is 0.118 e. The second-order valence-electron chi connectivity index (χ2n) is 1.72. The van der Waals surface area contributed by atoms with Crippen molar-refractivity contribution < 1.29 is 5.11 Å². The Morgan fingerprint density at radius 1 is 1.30 bits per heavy atom. The Morgan fingerprint density at radius 2 is 1.90 bits per heavy atom. The maximum atomic E-state index is 8.98. The second-order valence-corrected chi connectivity index (χ2v) is 3.78. The number of benzene rings is 1. The van der Waals surface area contributed by atoms with Crippen molar-refractivity contribution in [3.05, 3.63) is 26.1 Å². The maximum absolute atomic E-state index is 8.98. The minimum absolute atomic E-state index is 0.153. The average Bonchev–Trinajstić information content (AvgIpc) is 1.82. The maximum Gasteiger partial charge on any atom is 0.118 e. The van der Waals surface area contributed by atoms with E-state index in [0.29, 0.717) is 5.02 Å². The largest absolute Gasteiger partial charge is 0.508 e. The second kappa shape index (κ2) is 3.11. The van der Waals surface area contributed by atoms with Crippen LogP contribution in [-0.2, 0) is 0 Å². The number of aromatic hydroxyl groups is 1. The van der Waals surface area contributed by atoms with E-state index in [2.05, 4.69) is 31.9 Å². The molecule has 1 nitrogen and oxygen atoms in total. The summed E-state index contributed by atoms with van der Waals surface area (Å²) in [6, 6.07) is 3.03. The summed E-state index contributed by atoms with van der Waals surface area (Å²) in [5, 5.41) is 9.48. The molecule has 0 aromatic heterocycles. The molecule has 4 heteroatoms. The third kappa shape index (κ3) is 1.65. The van der Waals surface area contributed by atoms with E-state index in [1.54, 1.807) is 6.07 Å². The normalized spacial score (nSPS) is 9.90. The van der Waals surface area contributed by atoms with Gasteiger partial charge in [-0.1, -0.05) is 11.6 Å². The van der Waals surface area contributed by atoms with Crippen LogP contribution in [-0.4, -0.2) is 5.11 Å². The third-order valence-electron chi connectivity index (χ3n) is 0.969. The summed E-state index contributed by atoms with van der Waals surface area (Å²) in [4.78, 5) is 0. The van der Waals surface area contributed by atoms with E-state index >= 15 is 0 Å². The fraction of sp³-hybridized carbons (Fsp3) is 0. The van der Waals surface area contributed by atoms with Crippen LogP contribution in [0.4, 0.5) is 0 Å². The van der Waals surface area contributed by atoms with Crippen molar-refractivity contribution in [3.63, 3.8) is 0 Å². The van der Waals surface area contributed by atoms with Crippen molar-refractivity contribution in [2.24, 2.45) is 0 Å². The van der Waals surface area contributed by atoms with Crippen LogP contribution in [0.15, 0.2) is 21.1 Å². The Labute approximate surface area is 80.3 Å². The molecule has 1 rings (SSSR count). The van der Waals surface area contributed by atoms with Crippen LogP contribution in [0.1, 0.15) is 0 Å². The highest BCUT2D eigenvalue weighted by molar-refractivity contribution is 9.13. The van der Waals surface area contributed by atoms with Crippen LogP contribution in [0.25, 0.3) is 0 Å². The molecule has 0 aliphatic carbocycles. The molecule has 0 spiro atoms. The summed E-state index contributed by atoms with van der Waals surface area (Å²) in [6.07, 6.45) is 0. The van der Waals surface area contributed by atoms with E-state index in [1.807, 2.05) is 0 Å². The van der Waals surface area contributed by atoms with Crippen molar-refractivity contribution in [2.75, 3.05) is 0 Å². The number of rotatable bonds is 0. The highest BCUT2D eigenvalue weighted by Crippen LogP contribution is 2.33. The van der Waals surface area contributed by atoms with Gasteiger partial charge in [-0.05, 0) is 44.0 Å². The zero-order valence-electron chi connectivity index (χ0n) is 4.74. The van der Waals surface area contributed by atoms with Crippen molar-refractivity contribution in [2.45, 2.75) is 0 Å². The van der Waals surface area contributed by atoms with Gasteiger partial charge in [0.2, 0.25) is 0 Å². The minimum atomic E-state index is 0.153. The molecule has 0 fully saturated rings. The lowest BCUT2D eigenvalue weighted by molar-refractivity contribution is 0.475. The van der Waals surface area contributed by atoms with Crippen LogP contribution < -0.4 is 0 Å². The lowest BCUT2D eigenvalue weighted by Gasteiger charge is -1.98. The van der Waals surface area contributed by atoms with Gasteiger partial charge in [0.15, 0.2) is 0 Å². The predicted molar refractivity (Wildman–Crippen MR) is 48.5 cm³/mol. The minimum Gasteiger partial charge on any atom is -0.508 e. The molecule has 0 heterocycles. The van der Waals surface area contributed by atoms with Gasteiger partial charge in [0.05, 0.1) is 9.50 Å². The van der Waals surface area contributed by atoms with Crippen LogP contribution in [0.5, 0.6) is 5.75 Å². The molecular weight excluding hydrogens is 283 g/mol. The van der Waals surface area contributed by atoms with Crippen molar-refractivity contribution >= 4 is 43.5 Å². The quantitative estimate of drug-likeness (QED) is 0.723. The highest BCUT2D eigenvalue weighted by Gasteiger charge is 2.02. The van der Waals surface area contributed by atoms with E-state index in [4.69, 9.17) is 16.7 Å². The molecule has 0 unspecified atom stereocenters. The molecule has 0 bridgehead atoms. The van der Waals surface area contributed by atoms with Gasteiger partial charge in [-0.3, -0.25) is 0 Å². The molecule has 0 radical (unpaired) electrons. The van der Waals surface area contributed by atoms with Gasteiger partial charge in [0.25, 0.3) is 0 Å². The van der Waals surface area contributed by atoms with E-state index in [9.17, 15) is 0 Å². The van der Waals surface area contributed by atoms with Crippen LogP contribution >= 0.6 is 43.5 Å². The first-order valence-corrected chi connectivity index (χ1v) is 4.41. The zero-order valence-corrected chi connectivity index (χ0v) is 8.66. The Kier molecular flexibility index (Phi) is 2.61. The van der Waals surface area contributed by atoms with E-state index in [0.717, 1.165) is 8.95 Å². The van der Waals surface area contributed by atoms with E-state index < -0.39 is 0 Å². The Balaban J connectivity index is 3.31. The number of halogens is 3. The summed E-state index contributed by atoms with van der Waals surface area (Å²) in [6.45, 7) is 0. The molecule has 54 valence electrons. The summed E-state index contributed by atoms with van der Waals surface area (Å²) in [5.74, 6) is 0.153. The lowest BCUT2D eigenvalue weighted by Crippen LogP contribution is -1.71. The van der Waals surface area contributed by atoms with Crippen molar-refractivity contribution in [3.8, 4) is 5.75 Å². The first-order valence-electron chi connectivity index (χ1n) is 2.45. The van der Waals surface area contributed by atoms with Crippen LogP contribution in [0.3, 0.4) is 0 Å². The SMILES string of the molecule is Oc1cc(Cl)c(Br)c(Br)c1. The molecule has 1 aromatic carbocycles. The molecule has 1 aromatic rings. The molecule has 0 aliphatic heterocycles. The summed E-state index contributed by atoms with van der Waals surface area (Å²) in [7, 11) is 0. The molecule has 1 N–H and O–H groups in total. The van der Waals surface area contributed by atoms with Gasteiger partial charge < -0.3 is 5.11 Å². The van der Waals surface area contributed by atoms with Crippen molar-refractivity contribution in [1.29, 1.82) is 0 Å². The Morgan fingerprint density at radius 3 is 2.40 bits per heavy atom. The van der Waals surface area contributed by atoms with E-state index in [1.165, 1.54) is 6.07 Å². The summed E-state index contributed by atoms with van der Waals surface area (Å²) < 4.78 is 1.50. The summed E-state index contributed by atoms with van der Waals surface area (Å²) >= 11 is 12.1. The Bertz CT molecular complexity index is 239. The monoisotopic (exact) mass is 284 g/mol. The lowest BCUT2D eigenvalue weighted by atomic mass is 10.3. The standard InChI is InChI=1S/C6H3Br2ClO/c7-4-1-3(10)2-5(9)6(4)8/h1-2,10H. The first kappa shape index (κ1) is 8.37. The first-order chi connectivity index (χ1) is 4.61. The molecule has 0 atom stereocenters. The van der Waals surface area contributed by atoms with Gasteiger partial charge in [-0.15, -0.1) is 0 Å². The van der Waals surface area contributed by atoms with Gasteiger partial charge in [0.1, 0.15) is 5.75 Å². The molecule has 0 aliphatic rings. The third-order valence-corrected chi connectivity index (χ3v) is 3.51. The van der Waals surface area contributed by atoms with Gasteiger partial charge in [-0.25, -0.2) is 0 Å². The molecule has 10 heavy (non-hydrogen) atoms. The fourth-order valence-electron chi connectivity index (χ4n) is 0.542. The van der Waals surface area contributed by atoms with Gasteiger partial charge in [0, 0.05) is 4.47 Å². The van der Waals surface area contributed by atoms with Gasteiger partial charge in [-0.2, -0.15) is 0 Å². The van der Waals surface area contributed by atoms with Crippen LogP contribution in [0, 0.1) is 0 Å². The highest BCUT2D eigenvalue weighted by atomic mass is 79.9. The van der Waals surface area contributed by atoms with Gasteiger partial charge >= 0.3 is 0 Å². The molecule has 0 saturated carbocycles. The average molecular weight is 286 g/mol. The molecule has 0 saturated heterocycles. The fourth-order valence-corrected chi connectivity index (χ4v) is 1.55. The number of phenolic OH excluding ortho intramolecular Hbond substituents is 1. The van der Waals surface area contributed by atoms with E-state index in [-0.39, 0.29) is 5.75 Å².